The number of hydrogen-bond donors (Lipinski definition) is 1. The van der Waals surface area contributed by atoms with E-state index in [1.165, 1.54) is 19.4 Å². The predicted octanol–water partition coefficient (Wildman–Crippen LogP) is 1.89. The molecule has 0 amide bonds. The van der Waals surface area contributed by atoms with Crippen molar-refractivity contribution < 1.29 is 0 Å². The molecule has 1 atom stereocenters. The summed E-state index contributed by atoms with van der Waals surface area (Å²) < 4.78 is 2.05. The monoisotopic (exact) mass is 265 g/mol. The van der Waals surface area contributed by atoms with E-state index in [0.717, 1.165) is 23.7 Å². The topological polar surface area (TPSA) is 50.3 Å². The first-order chi connectivity index (χ1) is 8.91. The van der Waals surface area contributed by atoms with Crippen LogP contribution in [0.25, 0.3) is 0 Å². The smallest absolute Gasteiger partial charge is 0.150 e. The summed E-state index contributed by atoms with van der Waals surface area (Å²) >= 11 is 0. The zero-order valence-electron chi connectivity index (χ0n) is 12.8. The van der Waals surface area contributed by atoms with Crippen LogP contribution in [-0.4, -0.2) is 47.9 Å². The van der Waals surface area contributed by atoms with Gasteiger partial charge in [0.25, 0.3) is 0 Å². The number of aryl methyl sites for hydroxylation is 1. The van der Waals surface area contributed by atoms with Crippen molar-refractivity contribution in [3.05, 3.63) is 5.69 Å². The molecular weight excluding hydrogens is 238 g/mol. The molecule has 0 aromatic carbocycles. The largest absolute Gasteiger partial charge is 0.394 e. The van der Waals surface area contributed by atoms with E-state index in [1.54, 1.807) is 0 Å². The molecule has 0 spiro atoms. The van der Waals surface area contributed by atoms with Crippen LogP contribution in [0.1, 0.15) is 38.4 Å². The van der Waals surface area contributed by atoms with Gasteiger partial charge in [-0.1, -0.05) is 0 Å². The van der Waals surface area contributed by atoms with Crippen molar-refractivity contribution in [1.29, 1.82) is 0 Å². The molecule has 1 aromatic heterocycles. The average Bonchev–Trinajstić information content (AvgIpc) is 2.65. The maximum atomic E-state index is 6.24. The van der Waals surface area contributed by atoms with Gasteiger partial charge in [0.2, 0.25) is 0 Å². The molecule has 1 aromatic rings. The molecule has 108 valence electrons. The van der Waals surface area contributed by atoms with Crippen LogP contribution < -0.4 is 10.6 Å². The van der Waals surface area contributed by atoms with Gasteiger partial charge in [0.05, 0.1) is 11.4 Å². The molecule has 0 aliphatic carbocycles. The summed E-state index contributed by atoms with van der Waals surface area (Å²) in [6, 6.07) is 0.851. The summed E-state index contributed by atoms with van der Waals surface area (Å²) in [5.74, 6) is 1.08. The minimum Gasteiger partial charge on any atom is -0.394 e. The fourth-order valence-electron chi connectivity index (χ4n) is 2.89. The molecule has 1 fully saturated rings. The zero-order chi connectivity index (χ0) is 14.2. The number of nitrogens with zero attached hydrogens (tertiary/aromatic N) is 4. The van der Waals surface area contributed by atoms with Gasteiger partial charge in [-0.2, -0.15) is 5.10 Å². The number of nitrogens with two attached hydrogens (primary N) is 1. The number of piperidine rings is 1. The van der Waals surface area contributed by atoms with Gasteiger partial charge in [-0.05, 0) is 47.2 Å². The number of hydrogen-bond acceptors (Lipinski definition) is 4. The van der Waals surface area contributed by atoms with Gasteiger partial charge in [-0.15, -0.1) is 0 Å². The first-order valence-corrected chi connectivity index (χ1v) is 7.17. The molecule has 0 radical (unpaired) electrons. The van der Waals surface area contributed by atoms with Crippen molar-refractivity contribution in [1.82, 2.24) is 14.7 Å². The Morgan fingerprint density at radius 3 is 2.68 bits per heavy atom. The van der Waals surface area contributed by atoms with Crippen LogP contribution in [0.2, 0.25) is 0 Å². The van der Waals surface area contributed by atoms with Crippen LogP contribution in [0.4, 0.5) is 11.5 Å². The van der Waals surface area contributed by atoms with Crippen LogP contribution in [0.3, 0.4) is 0 Å². The van der Waals surface area contributed by atoms with Crippen molar-refractivity contribution in [2.24, 2.45) is 0 Å². The molecule has 1 aliphatic heterocycles. The Hall–Kier alpha value is -1.23. The molecule has 2 heterocycles. The van der Waals surface area contributed by atoms with Crippen LogP contribution in [0.15, 0.2) is 0 Å². The van der Waals surface area contributed by atoms with Gasteiger partial charge in [-0.25, -0.2) is 4.68 Å². The van der Waals surface area contributed by atoms with Gasteiger partial charge in [0, 0.05) is 25.7 Å². The Bertz CT molecular complexity index is 437. The Labute approximate surface area is 116 Å². The lowest BCUT2D eigenvalue weighted by atomic mass is 10.0. The second kappa shape index (κ2) is 5.41. The molecule has 5 heteroatoms. The second-order valence-electron chi connectivity index (χ2n) is 6.03. The lowest BCUT2D eigenvalue weighted by molar-refractivity contribution is 0.246. The Kier molecular flexibility index (Phi) is 4.04. The number of likely N-dealkylation sites (N-methyl/N-ethyl adjacent to an activating group) is 2. The molecule has 1 unspecified atom stereocenters. The molecule has 2 N–H and O–H groups in total. The zero-order valence-corrected chi connectivity index (χ0v) is 12.8. The van der Waals surface area contributed by atoms with Gasteiger partial charge >= 0.3 is 0 Å². The lowest BCUT2D eigenvalue weighted by Crippen LogP contribution is -2.46. The quantitative estimate of drug-likeness (QED) is 0.906. The highest BCUT2D eigenvalue weighted by Gasteiger charge is 2.26. The number of likely N-dealkylation sites (tertiary alicyclic amines) is 1. The highest BCUT2D eigenvalue weighted by atomic mass is 15.4. The van der Waals surface area contributed by atoms with Crippen molar-refractivity contribution in [3.63, 3.8) is 0 Å². The normalized spacial score (nSPS) is 21.1. The molecule has 0 bridgehead atoms. The Balaban J connectivity index is 2.29. The summed E-state index contributed by atoms with van der Waals surface area (Å²) in [7, 11) is 4.34. The minimum atomic E-state index is 0.328. The summed E-state index contributed by atoms with van der Waals surface area (Å²) in [6.07, 6.45) is 2.48. The van der Waals surface area contributed by atoms with Gasteiger partial charge in [-0.3, -0.25) is 0 Å². The summed E-state index contributed by atoms with van der Waals surface area (Å²) in [4.78, 5) is 4.72. The van der Waals surface area contributed by atoms with E-state index in [9.17, 15) is 0 Å². The molecule has 1 aliphatic rings. The van der Waals surface area contributed by atoms with Crippen LogP contribution in [-0.2, 0) is 0 Å². The molecule has 2 rings (SSSR count). The third-order valence-electron chi connectivity index (χ3n) is 4.08. The predicted molar refractivity (Wildman–Crippen MR) is 80.7 cm³/mol. The van der Waals surface area contributed by atoms with E-state index in [2.05, 4.69) is 47.5 Å². The van der Waals surface area contributed by atoms with Crippen molar-refractivity contribution in [2.45, 2.75) is 45.7 Å². The number of aromatic nitrogens is 2. The summed E-state index contributed by atoms with van der Waals surface area (Å²) in [5, 5.41) is 4.58. The SMILES string of the molecule is Cc1nn(C(C)C)c(N(C)C2CCCN(C)C2)c1N. The van der Waals surface area contributed by atoms with Crippen LogP contribution in [0, 0.1) is 6.92 Å². The van der Waals surface area contributed by atoms with Gasteiger partial charge in [0.1, 0.15) is 0 Å². The lowest BCUT2D eigenvalue weighted by Gasteiger charge is -2.37. The highest BCUT2D eigenvalue weighted by Crippen LogP contribution is 2.31. The fourth-order valence-corrected chi connectivity index (χ4v) is 2.89. The maximum absolute atomic E-state index is 6.24. The Morgan fingerprint density at radius 1 is 1.42 bits per heavy atom. The summed E-state index contributed by atoms with van der Waals surface area (Å²) in [6.45, 7) is 8.57. The minimum absolute atomic E-state index is 0.328. The fraction of sp³-hybridized carbons (Fsp3) is 0.786. The molecule has 19 heavy (non-hydrogen) atoms. The first kappa shape index (κ1) is 14.2. The van der Waals surface area contributed by atoms with Gasteiger partial charge < -0.3 is 15.5 Å². The van der Waals surface area contributed by atoms with Crippen LogP contribution in [0.5, 0.6) is 0 Å². The first-order valence-electron chi connectivity index (χ1n) is 7.17. The van der Waals surface area contributed by atoms with E-state index in [4.69, 9.17) is 5.73 Å². The summed E-state index contributed by atoms with van der Waals surface area (Å²) in [5.41, 5.74) is 8.00. The van der Waals surface area contributed by atoms with E-state index in [0.29, 0.717) is 12.1 Å². The standard InChI is InChI=1S/C14H27N5/c1-10(2)19-14(13(15)11(3)16-19)18(5)12-7-6-8-17(4)9-12/h10,12H,6-9,15H2,1-5H3. The van der Waals surface area contributed by atoms with Crippen molar-refractivity contribution in [2.75, 3.05) is 37.8 Å². The second-order valence-corrected chi connectivity index (χ2v) is 6.03. The van der Waals surface area contributed by atoms with Gasteiger partial charge in [0.15, 0.2) is 5.82 Å². The number of rotatable bonds is 3. The van der Waals surface area contributed by atoms with E-state index >= 15 is 0 Å². The third-order valence-corrected chi connectivity index (χ3v) is 4.08. The van der Waals surface area contributed by atoms with Crippen LogP contribution >= 0.6 is 0 Å². The molecule has 5 nitrogen and oxygen atoms in total. The van der Waals surface area contributed by atoms with E-state index in [1.807, 2.05) is 6.92 Å². The molecular formula is C14H27N5. The average molecular weight is 265 g/mol. The number of nitrogen functional groups attached to an aromatic ring is 1. The highest BCUT2D eigenvalue weighted by molar-refractivity contribution is 5.66. The molecule has 1 saturated heterocycles. The van der Waals surface area contributed by atoms with E-state index < -0.39 is 0 Å². The number of anilines is 2. The Morgan fingerprint density at radius 2 is 2.11 bits per heavy atom. The molecule has 0 saturated carbocycles. The van der Waals surface area contributed by atoms with Crippen molar-refractivity contribution >= 4 is 11.5 Å². The van der Waals surface area contributed by atoms with E-state index in [-0.39, 0.29) is 0 Å². The maximum Gasteiger partial charge on any atom is 0.150 e. The third kappa shape index (κ3) is 2.71. The van der Waals surface area contributed by atoms with Crippen molar-refractivity contribution in [3.8, 4) is 0 Å².